The molecule has 1 heterocycles. The Hall–Kier alpha value is -2.67. The van der Waals surface area contributed by atoms with Gasteiger partial charge in [0.05, 0.1) is 7.11 Å². The molecule has 0 atom stereocenters. The summed E-state index contributed by atoms with van der Waals surface area (Å²) in [5.74, 6) is 0.611. The predicted octanol–water partition coefficient (Wildman–Crippen LogP) is 4.71. The summed E-state index contributed by atoms with van der Waals surface area (Å²) in [6, 6.07) is 11.1. The maximum absolute atomic E-state index is 13.8. The van der Waals surface area contributed by atoms with Crippen molar-refractivity contribution in [1.29, 1.82) is 0 Å². The second kappa shape index (κ2) is 8.14. The van der Waals surface area contributed by atoms with Gasteiger partial charge in [0, 0.05) is 23.9 Å². The van der Waals surface area contributed by atoms with E-state index in [1.165, 1.54) is 23.9 Å². The largest absolute Gasteiger partial charge is 0.497 e. The molecule has 0 unspecified atom stereocenters. The minimum Gasteiger partial charge on any atom is -0.497 e. The van der Waals surface area contributed by atoms with Crippen molar-refractivity contribution < 1.29 is 13.5 Å². The second-order valence-electron chi connectivity index (χ2n) is 5.46. The van der Waals surface area contributed by atoms with Gasteiger partial charge in [0.25, 0.3) is 0 Å². The van der Waals surface area contributed by atoms with Gasteiger partial charge in [0.1, 0.15) is 17.4 Å². The number of allylic oxidation sites excluding steroid dienone is 1. The fraction of sp³-hybridized carbons (Fsp3) is 0.158. The van der Waals surface area contributed by atoms with E-state index in [2.05, 4.69) is 16.8 Å². The fourth-order valence-electron chi connectivity index (χ4n) is 2.42. The lowest BCUT2D eigenvalue weighted by molar-refractivity contribution is 0.415. The Morgan fingerprint density at radius 3 is 2.58 bits per heavy atom. The summed E-state index contributed by atoms with van der Waals surface area (Å²) in [4.78, 5) is 0. The smallest absolute Gasteiger partial charge is 0.192 e. The topological polar surface area (TPSA) is 39.9 Å². The lowest BCUT2D eigenvalue weighted by Gasteiger charge is -2.08. The van der Waals surface area contributed by atoms with Crippen molar-refractivity contribution in [3.8, 4) is 17.1 Å². The first-order valence-electron chi connectivity index (χ1n) is 7.87. The van der Waals surface area contributed by atoms with Gasteiger partial charge in [-0.2, -0.15) is 0 Å². The van der Waals surface area contributed by atoms with Crippen molar-refractivity contribution >= 4 is 11.8 Å². The first-order chi connectivity index (χ1) is 12.6. The number of halogens is 2. The SMILES string of the molecule is C=CCn1c(SCc2ccc(F)cc2F)nnc1-c1ccc(OC)cc1. The zero-order valence-electron chi connectivity index (χ0n) is 14.2. The molecule has 0 amide bonds. The van der Waals surface area contributed by atoms with Gasteiger partial charge in [0.2, 0.25) is 0 Å². The van der Waals surface area contributed by atoms with Gasteiger partial charge in [-0.25, -0.2) is 8.78 Å². The van der Waals surface area contributed by atoms with Gasteiger partial charge < -0.3 is 4.74 Å². The number of hydrogen-bond acceptors (Lipinski definition) is 4. The van der Waals surface area contributed by atoms with Crippen LogP contribution in [0, 0.1) is 11.6 Å². The van der Waals surface area contributed by atoms with Crippen LogP contribution in [0.5, 0.6) is 5.75 Å². The Labute approximate surface area is 154 Å². The molecule has 0 N–H and O–H groups in total. The molecule has 0 aliphatic carbocycles. The summed E-state index contributed by atoms with van der Waals surface area (Å²) < 4.78 is 33.9. The van der Waals surface area contributed by atoms with E-state index in [9.17, 15) is 8.78 Å². The summed E-state index contributed by atoms with van der Waals surface area (Å²) in [5, 5.41) is 9.11. The zero-order valence-corrected chi connectivity index (χ0v) is 15.0. The maximum atomic E-state index is 13.8. The van der Waals surface area contributed by atoms with Gasteiger partial charge >= 0.3 is 0 Å². The van der Waals surface area contributed by atoms with Gasteiger partial charge in [-0.3, -0.25) is 4.57 Å². The highest BCUT2D eigenvalue weighted by molar-refractivity contribution is 7.98. The maximum Gasteiger partial charge on any atom is 0.192 e. The van der Waals surface area contributed by atoms with E-state index in [0.29, 0.717) is 28.8 Å². The highest BCUT2D eigenvalue weighted by atomic mass is 32.2. The van der Waals surface area contributed by atoms with E-state index >= 15 is 0 Å². The van der Waals surface area contributed by atoms with Crippen LogP contribution in [0.15, 0.2) is 60.3 Å². The normalized spacial score (nSPS) is 10.7. The number of rotatable bonds is 7. The zero-order chi connectivity index (χ0) is 18.5. The molecule has 0 saturated carbocycles. The van der Waals surface area contributed by atoms with Crippen molar-refractivity contribution in [3.05, 3.63) is 72.3 Å². The molecule has 0 aliphatic rings. The molecule has 2 aromatic carbocycles. The molecule has 0 radical (unpaired) electrons. The number of ether oxygens (including phenoxy) is 1. The highest BCUT2D eigenvalue weighted by Crippen LogP contribution is 2.28. The van der Waals surface area contributed by atoms with Crippen molar-refractivity contribution in [2.24, 2.45) is 0 Å². The molecule has 1 aromatic heterocycles. The minimum absolute atomic E-state index is 0.323. The number of methoxy groups -OCH3 is 1. The summed E-state index contributed by atoms with van der Waals surface area (Å²) >= 11 is 1.34. The van der Waals surface area contributed by atoms with Crippen molar-refractivity contribution in [3.63, 3.8) is 0 Å². The van der Waals surface area contributed by atoms with Crippen LogP contribution in [0.2, 0.25) is 0 Å². The second-order valence-corrected chi connectivity index (χ2v) is 6.40. The van der Waals surface area contributed by atoms with Gasteiger partial charge in [-0.1, -0.05) is 23.9 Å². The Kier molecular flexibility index (Phi) is 5.68. The Morgan fingerprint density at radius 2 is 1.92 bits per heavy atom. The van der Waals surface area contributed by atoms with Gasteiger partial charge in [0.15, 0.2) is 11.0 Å². The van der Waals surface area contributed by atoms with Crippen LogP contribution in [0.1, 0.15) is 5.56 Å². The van der Waals surface area contributed by atoms with Crippen molar-refractivity contribution in [2.75, 3.05) is 7.11 Å². The molecule has 26 heavy (non-hydrogen) atoms. The summed E-state index contributed by atoms with van der Waals surface area (Å²) in [6.07, 6.45) is 1.75. The van der Waals surface area contributed by atoms with Crippen LogP contribution in [0.25, 0.3) is 11.4 Å². The van der Waals surface area contributed by atoms with E-state index in [0.717, 1.165) is 17.4 Å². The molecule has 0 spiro atoms. The van der Waals surface area contributed by atoms with E-state index < -0.39 is 11.6 Å². The molecule has 4 nitrogen and oxygen atoms in total. The number of aromatic nitrogens is 3. The molecular formula is C19H17F2N3OS. The minimum atomic E-state index is -0.590. The Bertz CT molecular complexity index is 910. The monoisotopic (exact) mass is 373 g/mol. The number of nitrogens with zero attached hydrogens (tertiary/aromatic N) is 3. The number of benzene rings is 2. The Balaban J connectivity index is 1.85. The van der Waals surface area contributed by atoms with Gasteiger partial charge in [-0.15, -0.1) is 16.8 Å². The molecule has 0 bridgehead atoms. The standard InChI is InChI=1S/C19H17F2N3OS/c1-3-10-24-18(13-5-8-16(25-2)9-6-13)22-23-19(24)26-12-14-4-7-15(20)11-17(14)21/h3-9,11H,1,10,12H2,2H3. The molecule has 3 rings (SSSR count). The highest BCUT2D eigenvalue weighted by Gasteiger charge is 2.15. The summed E-state index contributed by atoms with van der Waals surface area (Å²) in [7, 11) is 1.61. The molecule has 0 aliphatic heterocycles. The predicted molar refractivity (Wildman–Crippen MR) is 98.1 cm³/mol. The van der Waals surface area contributed by atoms with Crippen LogP contribution < -0.4 is 4.74 Å². The van der Waals surface area contributed by atoms with Gasteiger partial charge in [-0.05, 0) is 35.9 Å². The molecule has 0 fully saturated rings. The van der Waals surface area contributed by atoms with E-state index in [4.69, 9.17) is 4.74 Å². The van der Waals surface area contributed by atoms with E-state index in [1.807, 2.05) is 28.8 Å². The third-order valence-corrected chi connectivity index (χ3v) is 4.76. The first-order valence-corrected chi connectivity index (χ1v) is 8.86. The van der Waals surface area contributed by atoms with Crippen LogP contribution in [-0.4, -0.2) is 21.9 Å². The quantitative estimate of drug-likeness (QED) is 0.444. The van der Waals surface area contributed by atoms with Crippen molar-refractivity contribution in [2.45, 2.75) is 17.5 Å². The molecular weight excluding hydrogens is 356 g/mol. The van der Waals surface area contributed by atoms with Crippen molar-refractivity contribution in [1.82, 2.24) is 14.8 Å². The molecule has 0 saturated heterocycles. The van der Waals surface area contributed by atoms with Crippen LogP contribution in [-0.2, 0) is 12.3 Å². The molecule has 3 aromatic rings. The third-order valence-electron chi connectivity index (χ3n) is 3.75. The van der Waals surface area contributed by atoms with Crippen LogP contribution in [0.3, 0.4) is 0 Å². The van der Waals surface area contributed by atoms with Crippen LogP contribution >= 0.6 is 11.8 Å². The number of hydrogen-bond donors (Lipinski definition) is 0. The summed E-state index contributed by atoms with van der Waals surface area (Å²) in [5.41, 5.74) is 1.30. The molecule has 134 valence electrons. The first kappa shape index (κ1) is 18.1. The number of thioether (sulfide) groups is 1. The Morgan fingerprint density at radius 1 is 1.15 bits per heavy atom. The lowest BCUT2D eigenvalue weighted by Crippen LogP contribution is -2.01. The van der Waals surface area contributed by atoms with Crippen LogP contribution in [0.4, 0.5) is 8.78 Å². The summed E-state index contributed by atoms with van der Waals surface area (Å²) in [6.45, 7) is 4.29. The van der Waals surface area contributed by atoms with E-state index in [1.54, 1.807) is 13.2 Å². The third kappa shape index (κ3) is 3.94. The van der Waals surface area contributed by atoms with E-state index in [-0.39, 0.29) is 0 Å². The average Bonchev–Trinajstić information content (AvgIpc) is 3.04. The molecule has 7 heteroatoms. The average molecular weight is 373 g/mol. The fourth-order valence-corrected chi connectivity index (χ4v) is 3.36. The lowest BCUT2D eigenvalue weighted by atomic mass is 10.2.